The van der Waals surface area contributed by atoms with Crippen LogP contribution >= 0.6 is 0 Å². The van der Waals surface area contributed by atoms with E-state index >= 15 is 0 Å². The fourth-order valence-corrected chi connectivity index (χ4v) is 2.81. The summed E-state index contributed by atoms with van der Waals surface area (Å²) < 4.78 is 13.4. The maximum Gasteiger partial charge on any atom is 0.256 e. The number of amides is 1. The average Bonchev–Trinajstić information content (AvgIpc) is 3.22. The summed E-state index contributed by atoms with van der Waals surface area (Å²) in [6, 6.07) is 14.1. The molecule has 3 heterocycles. The molecule has 1 aromatic carbocycles. The number of imidazole rings is 1. The summed E-state index contributed by atoms with van der Waals surface area (Å²) >= 11 is 0. The van der Waals surface area contributed by atoms with Crippen LogP contribution in [0.2, 0.25) is 0 Å². The van der Waals surface area contributed by atoms with Crippen molar-refractivity contribution in [2.24, 2.45) is 7.05 Å². The van der Waals surface area contributed by atoms with Gasteiger partial charge in [0.15, 0.2) is 11.6 Å². The van der Waals surface area contributed by atoms with Gasteiger partial charge in [-0.1, -0.05) is 0 Å². The molecule has 0 atom stereocenters. The van der Waals surface area contributed by atoms with Gasteiger partial charge in [-0.25, -0.2) is 9.97 Å². The van der Waals surface area contributed by atoms with Crippen LogP contribution in [0.3, 0.4) is 0 Å². The molecule has 0 bridgehead atoms. The van der Waals surface area contributed by atoms with Crippen LogP contribution in [0.15, 0.2) is 79.5 Å². The fourth-order valence-electron chi connectivity index (χ4n) is 2.81. The van der Waals surface area contributed by atoms with Crippen LogP contribution in [0.5, 0.6) is 11.5 Å². The molecule has 4 rings (SSSR count). The summed E-state index contributed by atoms with van der Waals surface area (Å²) in [4.78, 5) is 25.1. The van der Waals surface area contributed by atoms with Crippen molar-refractivity contribution in [3.63, 3.8) is 0 Å². The fraction of sp³-hybridized carbons (Fsp3) is 0.130. The molecule has 0 aliphatic rings. The molecule has 0 fully saturated rings. The third kappa shape index (κ3) is 5.24. The Bertz CT molecular complexity index is 1140. The zero-order chi connectivity index (χ0) is 21.5. The molecule has 3 aromatic heterocycles. The molecule has 0 spiro atoms. The van der Waals surface area contributed by atoms with E-state index in [9.17, 15) is 4.79 Å². The van der Waals surface area contributed by atoms with Gasteiger partial charge in [0.1, 0.15) is 24.8 Å². The normalized spacial score (nSPS) is 10.5. The van der Waals surface area contributed by atoms with Gasteiger partial charge < -0.3 is 19.4 Å². The smallest absolute Gasteiger partial charge is 0.256 e. The number of nitrogens with one attached hydrogen (secondary N) is 1. The Balaban J connectivity index is 1.37. The van der Waals surface area contributed by atoms with Crippen LogP contribution in [-0.2, 0) is 20.3 Å². The van der Waals surface area contributed by atoms with Crippen LogP contribution in [0.1, 0.15) is 21.7 Å². The van der Waals surface area contributed by atoms with E-state index in [0.717, 1.165) is 11.4 Å². The van der Waals surface area contributed by atoms with E-state index in [1.54, 1.807) is 61.2 Å². The molecule has 31 heavy (non-hydrogen) atoms. The van der Waals surface area contributed by atoms with Gasteiger partial charge in [0, 0.05) is 43.6 Å². The minimum atomic E-state index is -0.289. The minimum absolute atomic E-state index is 0.289. The van der Waals surface area contributed by atoms with Gasteiger partial charge >= 0.3 is 0 Å². The zero-order valence-corrected chi connectivity index (χ0v) is 16.9. The number of hydrogen-bond donors (Lipinski definition) is 1. The van der Waals surface area contributed by atoms with Gasteiger partial charge in [0.05, 0.1) is 0 Å². The van der Waals surface area contributed by atoms with Crippen molar-refractivity contribution in [1.29, 1.82) is 0 Å². The van der Waals surface area contributed by atoms with Crippen molar-refractivity contribution < 1.29 is 14.3 Å². The highest BCUT2D eigenvalue weighted by Crippen LogP contribution is 2.23. The SMILES string of the molecule is Cn1ccnc1COc1ccc(C(=O)Nc2ncccc2OCc2ccncc2)cc1. The molecule has 8 heteroatoms. The van der Waals surface area contributed by atoms with Crippen molar-refractivity contribution in [3.05, 3.63) is 96.5 Å². The molecule has 0 aliphatic heterocycles. The predicted molar refractivity (Wildman–Crippen MR) is 115 cm³/mol. The molecular formula is C23H21N5O3. The Labute approximate surface area is 179 Å². The summed E-state index contributed by atoms with van der Waals surface area (Å²) in [5.74, 6) is 2.03. The van der Waals surface area contributed by atoms with Gasteiger partial charge in [-0.2, -0.15) is 0 Å². The van der Waals surface area contributed by atoms with Crippen LogP contribution < -0.4 is 14.8 Å². The Morgan fingerprint density at radius 1 is 0.935 bits per heavy atom. The van der Waals surface area contributed by atoms with Crippen molar-refractivity contribution in [1.82, 2.24) is 19.5 Å². The Morgan fingerprint density at radius 2 is 1.74 bits per heavy atom. The number of aryl methyl sites for hydroxylation is 1. The number of aromatic nitrogens is 4. The summed E-state index contributed by atoms with van der Waals surface area (Å²) in [6.45, 7) is 0.695. The second kappa shape index (κ2) is 9.53. The lowest BCUT2D eigenvalue weighted by atomic mass is 10.2. The monoisotopic (exact) mass is 415 g/mol. The predicted octanol–water partition coefficient (Wildman–Crippen LogP) is 3.62. The first-order valence-electron chi connectivity index (χ1n) is 9.66. The highest BCUT2D eigenvalue weighted by atomic mass is 16.5. The Morgan fingerprint density at radius 3 is 2.48 bits per heavy atom. The average molecular weight is 415 g/mol. The molecule has 0 aliphatic carbocycles. The van der Waals surface area contributed by atoms with Crippen LogP contribution in [0, 0.1) is 0 Å². The third-order valence-corrected chi connectivity index (χ3v) is 4.55. The van der Waals surface area contributed by atoms with Crippen molar-refractivity contribution in [2.45, 2.75) is 13.2 Å². The summed E-state index contributed by atoms with van der Waals surface area (Å²) in [5, 5.41) is 2.80. The molecular weight excluding hydrogens is 394 g/mol. The standard InChI is InChI=1S/C23H21N5O3/c1-28-14-13-25-21(28)16-30-19-6-4-18(5-7-19)23(29)27-22-20(3-2-10-26-22)31-15-17-8-11-24-12-9-17/h2-14H,15-16H2,1H3,(H,26,27,29). The number of hydrogen-bond acceptors (Lipinski definition) is 6. The van der Waals surface area contributed by atoms with Gasteiger partial charge in [0.25, 0.3) is 5.91 Å². The summed E-state index contributed by atoms with van der Waals surface area (Å²) in [5.41, 5.74) is 1.45. The molecule has 4 aromatic rings. The maximum atomic E-state index is 12.7. The van der Waals surface area contributed by atoms with Crippen LogP contribution in [-0.4, -0.2) is 25.4 Å². The summed E-state index contributed by atoms with van der Waals surface area (Å²) in [6.07, 6.45) is 8.59. The topological polar surface area (TPSA) is 91.2 Å². The summed E-state index contributed by atoms with van der Waals surface area (Å²) in [7, 11) is 1.91. The van der Waals surface area contributed by atoms with E-state index in [0.29, 0.717) is 36.1 Å². The van der Waals surface area contributed by atoms with Crippen LogP contribution in [0.4, 0.5) is 5.82 Å². The molecule has 0 unspecified atom stereocenters. The van der Waals surface area contributed by atoms with Crippen molar-refractivity contribution in [2.75, 3.05) is 5.32 Å². The second-order valence-electron chi connectivity index (χ2n) is 6.72. The number of nitrogens with zero attached hydrogens (tertiary/aromatic N) is 4. The minimum Gasteiger partial charge on any atom is -0.486 e. The van der Waals surface area contributed by atoms with E-state index in [-0.39, 0.29) is 5.91 Å². The van der Waals surface area contributed by atoms with Gasteiger partial charge in [0.2, 0.25) is 0 Å². The van der Waals surface area contributed by atoms with E-state index in [4.69, 9.17) is 9.47 Å². The van der Waals surface area contributed by atoms with E-state index < -0.39 is 0 Å². The van der Waals surface area contributed by atoms with Crippen molar-refractivity contribution >= 4 is 11.7 Å². The maximum absolute atomic E-state index is 12.7. The first kappa shape index (κ1) is 20.1. The number of anilines is 1. The highest BCUT2D eigenvalue weighted by molar-refractivity contribution is 6.04. The number of pyridine rings is 2. The second-order valence-corrected chi connectivity index (χ2v) is 6.72. The molecule has 8 nitrogen and oxygen atoms in total. The Hall–Kier alpha value is -4.20. The molecule has 156 valence electrons. The van der Waals surface area contributed by atoms with Crippen LogP contribution in [0.25, 0.3) is 0 Å². The highest BCUT2D eigenvalue weighted by Gasteiger charge is 2.12. The molecule has 0 radical (unpaired) electrons. The number of benzene rings is 1. The van der Waals surface area contributed by atoms with E-state index in [1.165, 1.54) is 0 Å². The molecule has 0 saturated carbocycles. The zero-order valence-electron chi connectivity index (χ0n) is 16.9. The lowest BCUT2D eigenvalue weighted by Gasteiger charge is -2.12. The van der Waals surface area contributed by atoms with Gasteiger partial charge in [-0.3, -0.25) is 9.78 Å². The van der Waals surface area contributed by atoms with E-state index in [2.05, 4.69) is 20.3 Å². The van der Waals surface area contributed by atoms with Gasteiger partial charge in [-0.05, 0) is 54.1 Å². The molecule has 1 amide bonds. The Kier molecular flexibility index (Phi) is 6.18. The molecule has 1 N–H and O–H groups in total. The van der Waals surface area contributed by atoms with Crippen molar-refractivity contribution in [3.8, 4) is 11.5 Å². The molecule has 0 saturated heterocycles. The first-order valence-corrected chi connectivity index (χ1v) is 9.66. The number of ether oxygens (including phenoxy) is 2. The third-order valence-electron chi connectivity index (χ3n) is 4.55. The quantitative estimate of drug-likeness (QED) is 0.473. The first-order chi connectivity index (χ1) is 15.2. The number of rotatable bonds is 8. The van der Waals surface area contributed by atoms with Gasteiger partial charge in [-0.15, -0.1) is 0 Å². The largest absolute Gasteiger partial charge is 0.486 e. The number of carbonyl (C=O) groups is 1. The lowest BCUT2D eigenvalue weighted by Crippen LogP contribution is -2.14. The lowest BCUT2D eigenvalue weighted by molar-refractivity contribution is 0.102. The van der Waals surface area contributed by atoms with E-state index in [1.807, 2.05) is 29.9 Å². The number of carbonyl (C=O) groups excluding carboxylic acids is 1.